The lowest BCUT2D eigenvalue weighted by atomic mass is 9.84. The Morgan fingerprint density at radius 2 is 1.86 bits per heavy atom. The first kappa shape index (κ1) is 22.4. The molecule has 0 saturated heterocycles. The zero-order valence-corrected chi connectivity index (χ0v) is 16.8. The number of halogens is 1. The van der Waals surface area contributed by atoms with Gasteiger partial charge in [0.25, 0.3) is 5.91 Å². The Bertz CT molecular complexity index is 772. The van der Waals surface area contributed by atoms with E-state index in [2.05, 4.69) is 9.72 Å². The van der Waals surface area contributed by atoms with Gasteiger partial charge in [-0.15, -0.1) is 0 Å². The maximum atomic E-state index is 13.4. The third-order valence-corrected chi connectivity index (χ3v) is 4.53. The Kier molecular flexibility index (Phi) is 6.99. The topological polar surface area (TPSA) is 138 Å². The van der Waals surface area contributed by atoms with Crippen molar-refractivity contribution in [2.75, 3.05) is 11.5 Å². The van der Waals surface area contributed by atoms with Crippen LogP contribution in [0.2, 0.25) is 0 Å². The molecular formula is C19H27FN4O5. The molecule has 1 saturated carbocycles. The molecule has 1 aromatic rings. The average Bonchev–Trinajstić information content (AvgIpc) is 2.60. The number of aromatic nitrogens is 1. The highest BCUT2D eigenvalue weighted by atomic mass is 19.1. The van der Waals surface area contributed by atoms with Crippen molar-refractivity contribution in [2.45, 2.75) is 58.1 Å². The number of rotatable bonds is 2. The highest BCUT2D eigenvalue weighted by molar-refractivity contribution is 5.98. The number of hydrogen-bond acceptors (Lipinski definition) is 6. The summed E-state index contributed by atoms with van der Waals surface area (Å²) >= 11 is 0. The molecule has 1 fully saturated rings. The maximum Gasteiger partial charge on any atom is 0.405 e. The molecule has 160 valence electrons. The second-order valence-electron chi connectivity index (χ2n) is 7.97. The molecule has 3 amide bonds. The molecule has 1 aromatic heterocycles. The van der Waals surface area contributed by atoms with Crippen molar-refractivity contribution in [1.29, 1.82) is 0 Å². The van der Waals surface area contributed by atoms with Crippen molar-refractivity contribution in [2.24, 2.45) is 17.4 Å². The van der Waals surface area contributed by atoms with Crippen molar-refractivity contribution in [1.82, 2.24) is 4.98 Å². The highest BCUT2D eigenvalue weighted by Gasteiger charge is 2.36. The van der Waals surface area contributed by atoms with Crippen LogP contribution < -0.4 is 21.1 Å². The second-order valence-corrected chi connectivity index (χ2v) is 7.97. The fourth-order valence-electron chi connectivity index (χ4n) is 3.35. The quantitative estimate of drug-likeness (QED) is 0.763. The van der Waals surface area contributed by atoms with Crippen molar-refractivity contribution < 1.29 is 28.2 Å². The summed E-state index contributed by atoms with van der Waals surface area (Å²) in [7, 11) is 0. The number of nitrogens with zero attached hydrogens (tertiary/aromatic N) is 2. The van der Waals surface area contributed by atoms with Crippen LogP contribution in [0.5, 0.6) is 5.88 Å². The Balaban J connectivity index is 0.000000321. The van der Waals surface area contributed by atoms with Gasteiger partial charge in [-0.05, 0) is 46.5 Å². The molecule has 0 radical (unpaired) electrons. The van der Waals surface area contributed by atoms with Crippen LogP contribution in [0.1, 0.15) is 46.5 Å². The Morgan fingerprint density at radius 3 is 2.34 bits per heavy atom. The van der Waals surface area contributed by atoms with E-state index < -0.39 is 17.5 Å². The molecule has 10 heteroatoms. The molecule has 0 aromatic carbocycles. The predicted octanol–water partition coefficient (Wildman–Crippen LogP) is 1.87. The van der Waals surface area contributed by atoms with Crippen LogP contribution in [-0.4, -0.2) is 41.1 Å². The van der Waals surface area contributed by atoms with Crippen LogP contribution in [0.4, 0.5) is 14.9 Å². The number of amides is 3. The molecule has 9 nitrogen and oxygen atoms in total. The summed E-state index contributed by atoms with van der Waals surface area (Å²) < 4.78 is 23.2. The lowest BCUT2D eigenvalue weighted by Gasteiger charge is -2.38. The second kappa shape index (κ2) is 9.06. The van der Waals surface area contributed by atoms with Crippen LogP contribution in [0, 0.1) is 11.7 Å². The van der Waals surface area contributed by atoms with Gasteiger partial charge in [0.1, 0.15) is 17.1 Å². The minimum absolute atomic E-state index is 0.0700. The van der Waals surface area contributed by atoms with Gasteiger partial charge in [0.05, 0.1) is 6.20 Å². The van der Waals surface area contributed by atoms with Crippen LogP contribution in [0.3, 0.4) is 0 Å². The summed E-state index contributed by atoms with van der Waals surface area (Å²) in [5.74, 6) is -0.884. The summed E-state index contributed by atoms with van der Waals surface area (Å²) in [4.78, 5) is 38.8. The number of carbonyl (C=O) groups excluding carboxylic acids is 3. The van der Waals surface area contributed by atoms with Crippen LogP contribution in [0.15, 0.2) is 12.3 Å². The lowest BCUT2D eigenvalue weighted by molar-refractivity contribution is -0.123. The molecule has 29 heavy (non-hydrogen) atoms. The molecule has 2 heterocycles. The molecule has 2 aliphatic rings. The van der Waals surface area contributed by atoms with E-state index in [-0.39, 0.29) is 36.3 Å². The first-order valence-electron chi connectivity index (χ1n) is 9.36. The highest BCUT2D eigenvalue weighted by Crippen LogP contribution is 2.36. The smallest absolute Gasteiger partial charge is 0.405 e. The first-order valence-corrected chi connectivity index (χ1v) is 9.36. The molecule has 1 aliphatic heterocycles. The normalized spacial score (nSPS) is 21.2. The van der Waals surface area contributed by atoms with Gasteiger partial charge in [-0.25, -0.2) is 14.2 Å². The minimum Gasteiger partial charge on any atom is -0.466 e. The third kappa shape index (κ3) is 6.30. The number of pyridine rings is 1. The zero-order valence-electron chi connectivity index (χ0n) is 16.8. The van der Waals surface area contributed by atoms with E-state index in [0.29, 0.717) is 31.4 Å². The van der Waals surface area contributed by atoms with Gasteiger partial charge in [0, 0.05) is 18.0 Å². The predicted molar refractivity (Wildman–Crippen MR) is 103 cm³/mol. The van der Waals surface area contributed by atoms with Crippen LogP contribution in [0.25, 0.3) is 0 Å². The molecule has 0 bridgehead atoms. The maximum absolute atomic E-state index is 13.4. The van der Waals surface area contributed by atoms with Gasteiger partial charge in [-0.3, -0.25) is 9.59 Å². The monoisotopic (exact) mass is 410 g/mol. The molecule has 0 unspecified atom stereocenters. The van der Waals surface area contributed by atoms with Crippen LogP contribution in [-0.2, 0) is 14.3 Å². The number of fused-ring (bicyclic) bond motifs is 1. The van der Waals surface area contributed by atoms with E-state index in [1.54, 1.807) is 25.7 Å². The number of ether oxygens (including phenoxy) is 2. The molecule has 1 aliphatic carbocycles. The molecule has 4 N–H and O–H groups in total. The van der Waals surface area contributed by atoms with E-state index in [1.807, 2.05) is 0 Å². The summed E-state index contributed by atoms with van der Waals surface area (Å²) in [5.41, 5.74) is 9.95. The summed E-state index contributed by atoms with van der Waals surface area (Å²) in [6.07, 6.45) is 2.95. The number of nitrogens with two attached hydrogens (primary N) is 2. The molecule has 0 spiro atoms. The van der Waals surface area contributed by atoms with E-state index in [1.165, 1.54) is 6.07 Å². The molecular weight excluding hydrogens is 383 g/mol. The number of anilines is 1. The number of primary amides is 2. The van der Waals surface area contributed by atoms with E-state index in [4.69, 9.17) is 16.2 Å². The fraction of sp³-hybridized carbons (Fsp3) is 0.579. The molecule has 0 atom stereocenters. The first-order chi connectivity index (χ1) is 13.5. The SMILES string of the molecule is CC(C)(C)OC(N)=O.NC(=O)C1CCC(N2C(=O)COc3ncc(F)cc32)CC1. The summed E-state index contributed by atoms with van der Waals surface area (Å²) in [6, 6.07) is 1.19. The van der Waals surface area contributed by atoms with E-state index in [0.717, 1.165) is 6.20 Å². The summed E-state index contributed by atoms with van der Waals surface area (Å²) in [6.45, 7) is 5.19. The van der Waals surface area contributed by atoms with E-state index in [9.17, 15) is 18.8 Å². The standard InChI is InChI=1S/C14H16FN3O3.C5H11NO2/c15-9-5-11-14(17-6-9)21-7-12(19)18(11)10-3-1-8(2-4-10)13(16)20;1-5(2,3)8-4(6)7/h5-6,8,10H,1-4,7H2,(H2,16,20);1-3H3,(H2,6,7). The van der Waals surface area contributed by atoms with Gasteiger partial charge in [-0.1, -0.05) is 0 Å². The van der Waals surface area contributed by atoms with Gasteiger partial charge >= 0.3 is 6.09 Å². The fourth-order valence-corrected chi connectivity index (χ4v) is 3.35. The third-order valence-electron chi connectivity index (χ3n) is 4.53. The summed E-state index contributed by atoms with van der Waals surface area (Å²) in [5, 5.41) is 0. The Morgan fingerprint density at radius 1 is 1.24 bits per heavy atom. The lowest BCUT2D eigenvalue weighted by Crippen LogP contribution is -2.48. The Labute approximate surface area is 168 Å². The molecule has 3 rings (SSSR count). The Hall–Kier alpha value is -2.91. The largest absolute Gasteiger partial charge is 0.466 e. The number of hydrogen-bond donors (Lipinski definition) is 2. The average molecular weight is 410 g/mol. The number of carbonyl (C=O) groups is 3. The van der Waals surface area contributed by atoms with Crippen molar-refractivity contribution >= 4 is 23.6 Å². The van der Waals surface area contributed by atoms with Gasteiger partial charge in [0.15, 0.2) is 6.61 Å². The van der Waals surface area contributed by atoms with Crippen molar-refractivity contribution in [3.8, 4) is 5.88 Å². The van der Waals surface area contributed by atoms with Gasteiger partial charge in [-0.2, -0.15) is 0 Å². The van der Waals surface area contributed by atoms with Crippen molar-refractivity contribution in [3.63, 3.8) is 0 Å². The van der Waals surface area contributed by atoms with Gasteiger partial charge in [0.2, 0.25) is 11.8 Å². The van der Waals surface area contributed by atoms with Gasteiger partial charge < -0.3 is 25.8 Å². The zero-order chi connectivity index (χ0) is 21.8. The van der Waals surface area contributed by atoms with Crippen LogP contribution >= 0.6 is 0 Å². The van der Waals surface area contributed by atoms with Crippen molar-refractivity contribution in [3.05, 3.63) is 18.1 Å². The minimum atomic E-state index is -0.725. The van der Waals surface area contributed by atoms with E-state index >= 15 is 0 Å².